The number of rotatable bonds is 12. The Morgan fingerprint density at radius 2 is 1.11 bits per heavy atom. The molecule has 0 saturated carbocycles. The van der Waals surface area contributed by atoms with Gasteiger partial charge in [0.2, 0.25) is 0 Å². The molecule has 37 heavy (non-hydrogen) atoms. The minimum absolute atomic E-state index is 0.284. The number of ether oxygens (including phenoxy) is 4. The summed E-state index contributed by atoms with van der Waals surface area (Å²) >= 11 is 15.0. The van der Waals surface area contributed by atoms with Crippen LogP contribution in [0.25, 0.3) is 0 Å². The second kappa shape index (κ2) is 14.0. The molecule has 0 heterocycles. The van der Waals surface area contributed by atoms with E-state index in [1.165, 1.54) is 0 Å². The van der Waals surface area contributed by atoms with Gasteiger partial charge in [-0.15, -0.1) is 0 Å². The Morgan fingerprint density at radius 3 is 1.38 bits per heavy atom. The average Bonchev–Trinajstić information content (AvgIpc) is 2.81. The number of halogens is 4. The van der Waals surface area contributed by atoms with Crippen molar-refractivity contribution in [3.63, 3.8) is 0 Å². The zero-order valence-electron chi connectivity index (χ0n) is 20.9. The predicted octanol–water partition coefficient (Wildman–Crippen LogP) is 7.96. The van der Waals surface area contributed by atoms with Crippen LogP contribution in [0.1, 0.15) is 38.8 Å². The van der Waals surface area contributed by atoms with E-state index in [0.717, 1.165) is 11.1 Å². The second-order valence-corrected chi connectivity index (χ2v) is 14.1. The molecule has 10 heteroatoms. The monoisotopic (exact) mass is 764 g/mol. The molecule has 0 amide bonds. The van der Waals surface area contributed by atoms with Crippen molar-refractivity contribution in [1.82, 2.24) is 0 Å². The van der Waals surface area contributed by atoms with Crippen molar-refractivity contribution in [3.05, 3.63) is 71.8 Å². The largest absolute Gasteiger partial charge is 0.493 e. The van der Waals surface area contributed by atoms with Crippen LogP contribution in [0.15, 0.2) is 60.7 Å². The minimum Gasteiger partial charge on any atom is -0.493 e. The summed E-state index contributed by atoms with van der Waals surface area (Å²) in [6.45, 7) is 14.9. The molecule has 0 fully saturated rings. The van der Waals surface area contributed by atoms with E-state index in [1.54, 1.807) is 38.1 Å². The zero-order chi connectivity index (χ0) is 27.9. The van der Waals surface area contributed by atoms with Gasteiger partial charge in [-0.1, -0.05) is 89.0 Å². The fourth-order valence-corrected chi connectivity index (χ4v) is 7.91. The van der Waals surface area contributed by atoms with Crippen LogP contribution in [0.3, 0.4) is 0 Å². The molecule has 0 aromatic heterocycles. The van der Waals surface area contributed by atoms with E-state index in [0.29, 0.717) is 36.2 Å². The predicted molar refractivity (Wildman–Crippen MR) is 160 cm³/mol. The first-order valence-electron chi connectivity index (χ1n) is 11.3. The van der Waals surface area contributed by atoms with E-state index in [1.807, 2.05) is 26.0 Å². The highest BCUT2D eigenvalue weighted by atomic mass is 79.9. The molecule has 6 nitrogen and oxygen atoms in total. The van der Waals surface area contributed by atoms with E-state index in [2.05, 4.69) is 76.9 Å². The molecule has 0 aliphatic heterocycles. The maximum atomic E-state index is 12.1. The first-order chi connectivity index (χ1) is 17.4. The highest BCUT2D eigenvalue weighted by molar-refractivity contribution is 9.25. The normalized spacial score (nSPS) is 11.3. The Kier molecular flexibility index (Phi) is 11.9. The Bertz CT molecular complexity index is 1080. The fourth-order valence-electron chi connectivity index (χ4n) is 3.46. The summed E-state index contributed by atoms with van der Waals surface area (Å²) in [6.07, 6.45) is 0. The maximum Gasteiger partial charge on any atom is 0.338 e. The summed E-state index contributed by atoms with van der Waals surface area (Å²) in [5, 5.41) is 0. The summed E-state index contributed by atoms with van der Waals surface area (Å²) in [5.74, 6) is 0.589. The van der Waals surface area contributed by atoms with Gasteiger partial charge in [-0.2, -0.15) is 0 Å². The van der Waals surface area contributed by atoms with E-state index >= 15 is 0 Å². The van der Waals surface area contributed by atoms with Crippen molar-refractivity contribution in [2.75, 3.05) is 13.2 Å². The summed E-state index contributed by atoms with van der Waals surface area (Å²) in [7, 11) is 0. The molecule has 0 aliphatic rings. The van der Waals surface area contributed by atoms with Crippen molar-refractivity contribution >= 4 is 75.7 Å². The smallest absolute Gasteiger partial charge is 0.338 e. The van der Waals surface area contributed by atoms with E-state index in [9.17, 15) is 9.59 Å². The van der Waals surface area contributed by atoms with Crippen LogP contribution < -0.4 is 18.9 Å². The van der Waals surface area contributed by atoms with Crippen LogP contribution >= 0.6 is 63.7 Å². The zero-order valence-corrected chi connectivity index (χ0v) is 27.3. The lowest BCUT2D eigenvalue weighted by Gasteiger charge is -2.40. The van der Waals surface area contributed by atoms with Crippen molar-refractivity contribution in [2.24, 2.45) is 0 Å². The van der Waals surface area contributed by atoms with Gasteiger partial charge in [-0.05, 0) is 39.8 Å². The number of esters is 2. The van der Waals surface area contributed by atoms with Crippen LogP contribution in [-0.4, -0.2) is 32.6 Å². The highest BCUT2D eigenvalue weighted by Crippen LogP contribution is 2.55. The van der Waals surface area contributed by atoms with Gasteiger partial charge >= 0.3 is 11.9 Å². The van der Waals surface area contributed by atoms with Crippen molar-refractivity contribution in [3.8, 4) is 23.0 Å². The molecule has 0 unspecified atom stereocenters. The van der Waals surface area contributed by atoms with E-state index in [4.69, 9.17) is 18.9 Å². The van der Waals surface area contributed by atoms with E-state index < -0.39 is 17.4 Å². The van der Waals surface area contributed by atoms with Crippen LogP contribution in [0.2, 0.25) is 0 Å². The summed E-state index contributed by atoms with van der Waals surface area (Å²) in [6, 6.07) is 10.4. The van der Waals surface area contributed by atoms with Gasteiger partial charge in [0.25, 0.3) is 0 Å². The van der Waals surface area contributed by atoms with E-state index in [-0.39, 0.29) is 18.6 Å². The SMILES string of the molecule is C=C(C)C(=O)Oc1ccc(C(c2ccc(OC(=O)C(=C)C)cc2OCC)(C(Br)Br)C(Br)Br)c(OCC)c1. The third-order valence-electron chi connectivity index (χ3n) is 5.20. The molecule has 0 bridgehead atoms. The number of hydrogen-bond donors (Lipinski definition) is 0. The molecular formula is C27H28Br4O6. The Morgan fingerprint density at radius 1 is 0.757 bits per heavy atom. The lowest BCUT2D eigenvalue weighted by Crippen LogP contribution is -2.41. The Hall–Kier alpha value is -1.62. The van der Waals surface area contributed by atoms with Gasteiger partial charge in [0.15, 0.2) is 0 Å². The van der Waals surface area contributed by atoms with Gasteiger partial charge < -0.3 is 18.9 Å². The van der Waals surface area contributed by atoms with Gasteiger partial charge in [0.1, 0.15) is 23.0 Å². The summed E-state index contributed by atoms with van der Waals surface area (Å²) < 4.78 is 22.2. The second-order valence-electron chi connectivity index (χ2n) is 7.99. The molecule has 0 saturated heterocycles. The molecule has 0 aliphatic carbocycles. The molecular weight excluding hydrogens is 740 g/mol. The average molecular weight is 768 g/mol. The number of carbonyl (C=O) groups is 2. The molecule has 2 aromatic carbocycles. The standard InChI is InChI=1S/C27H28Br4O6/c1-7-34-21-13-17(36-23(32)15(3)4)9-11-19(21)27(25(28)29,26(30)31)20-12-10-18(14-22(20)35-8-2)37-24(33)16(5)6/h9-14,25-26H,3,5,7-8H2,1-2,4,6H3. The van der Waals surface area contributed by atoms with Crippen LogP contribution in [0.5, 0.6) is 23.0 Å². The molecule has 200 valence electrons. The number of benzene rings is 2. The molecule has 0 spiro atoms. The topological polar surface area (TPSA) is 71.1 Å². The number of carbonyl (C=O) groups excluding carboxylic acids is 2. The van der Waals surface area contributed by atoms with Crippen LogP contribution in [0.4, 0.5) is 0 Å². The first-order valence-corrected chi connectivity index (χ1v) is 14.9. The van der Waals surface area contributed by atoms with Crippen LogP contribution in [-0.2, 0) is 15.0 Å². The minimum atomic E-state index is -0.886. The highest BCUT2D eigenvalue weighted by Gasteiger charge is 2.49. The van der Waals surface area contributed by atoms with Gasteiger partial charge in [-0.3, -0.25) is 0 Å². The molecule has 0 N–H and O–H groups in total. The van der Waals surface area contributed by atoms with Crippen molar-refractivity contribution < 1.29 is 28.5 Å². The lowest BCUT2D eigenvalue weighted by molar-refractivity contribution is -0.130. The van der Waals surface area contributed by atoms with Crippen molar-refractivity contribution in [2.45, 2.75) is 40.6 Å². The van der Waals surface area contributed by atoms with Gasteiger partial charge in [-0.25, -0.2) is 9.59 Å². The molecule has 2 rings (SSSR count). The van der Waals surface area contributed by atoms with Gasteiger partial charge in [0, 0.05) is 34.4 Å². The molecule has 2 aromatic rings. The third kappa shape index (κ3) is 7.28. The molecule has 0 radical (unpaired) electrons. The number of hydrogen-bond acceptors (Lipinski definition) is 6. The first kappa shape index (κ1) is 31.6. The fraction of sp³-hybridized carbons (Fsp3) is 0.333. The summed E-state index contributed by atoms with van der Waals surface area (Å²) in [5.41, 5.74) is 1.20. The quantitative estimate of drug-likeness (QED) is 0.0946. The third-order valence-corrected chi connectivity index (χ3v) is 8.09. The lowest BCUT2D eigenvalue weighted by atomic mass is 9.76. The molecule has 0 atom stereocenters. The maximum absolute atomic E-state index is 12.1. The Balaban J connectivity index is 2.81. The van der Waals surface area contributed by atoms with Crippen LogP contribution in [0, 0.1) is 0 Å². The summed E-state index contributed by atoms with van der Waals surface area (Å²) in [4.78, 5) is 24.2. The number of alkyl halides is 4. The Labute approximate surface area is 251 Å². The van der Waals surface area contributed by atoms with Crippen molar-refractivity contribution in [1.29, 1.82) is 0 Å². The van der Waals surface area contributed by atoms with Gasteiger partial charge in [0.05, 0.1) is 26.1 Å².